The number of carboxylic acid groups (broad SMARTS) is 3. The second-order valence-electron chi connectivity index (χ2n) is 15.9. The average Bonchev–Trinajstić information content (AvgIpc) is 3.23. The zero-order valence-corrected chi connectivity index (χ0v) is 36.3. The first-order valence-corrected chi connectivity index (χ1v) is 22.0. The average molecular weight is 823 g/mol. The van der Waals surface area contributed by atoms with Crippen LogP contribution in [0.4, 0.5) is 34.9 Å². The van der Waals surface area contributed by atoms with Crippen LogP contribution in [-0.2, 0) is 14.4 Å². The van der Waals surface area contributed by atoms with Gasteiger partial charge < -0.3 is 31.3 Å². The maximum atomic E-state index is 12.4. The van der Waals surface area contributed by atoms with Gasteiger partial charge in [0.2, 0.25) is 17.8 Å². The topological polar surface area (TPSA) is 187 Å². The molecule has 4 aromatic rings. The Kier molecular flexibility index (Phi) is 18.8. The van der Waals surface area contributed by atoms with E-state index in [0.717, 1.165) is 93.7 Å². The molecule has 0 radical (unpaired) electrons. The number of nitrogens with zero attached hydrogens (tertiary/aromatic N) is 3. The number of nitrogens with one attached hydrogen (secondary N) is 3. The molecule has 324 valence electrons. The van der Waals surface area contributed by atoms with Crippen molar-refractivity contribution in [1.29, 1.82) is 0 Å². The van der Waals surface area contributed by atoms with Gasteiger partial charge in [-0.3, -0.25) is 14.4 Å². The molecular formula is C48H66N6O6. The Morgan fingerprint density at radius 2 is 0.667 bits per heavy atom. The second kappa shape index (κ2) is 23.9. The predicted octanol–water partition coefficient (Wildman–Crippen LogP) is 12.3. The molecule has 0 spiro atoms. The van der Waals surface area contributed by atoms with E-state index in [4.69, 9.17) is 0 Å². The van der Waals surface area contributed by atoms with Crippen LogP contribution in [0.5, 0.6) is 0 Å². The molecular weight excluding hydrogens is 757 g/mol. The van der Waals surface area contributed by atoms with Gasteiger partial charge in [-0.25, -0.2) is 0 Å². The van der Waals surface area contributed by atoms with Crippen molar-refractivity contribution in [3.63, 3.8) is 0 Å². The first-order chi connectivity index (χ1) is 29.0. The molecule has 0 amide bonds. The van der Waals surface area contributed by atoms with Crippen LogP contribution in [-0.4, -0.2) is 48.2 Å². The zero-order chi connectivity index (χ0) is 43.6. The lowest BCUT2D eigenvalue weighted by Gasteiger charge is -2.23. The number of carbonyl (C=O) groups is 3. The summed E-state index contributed by atoms with van der Waals surface area (Å²) in [5.41, 5.74) is 4.19. The highest BCUT2D eigenvalue weighted by Gasteiger charge is 2.30. The minimum atomic E-state index is -0.830. The number of benzene rings is 3. The smallest absolute Gasteiger partial charge is 0.311 e. The van der Waals surface area contributed by atoms with Gasteiger partial charge in [0.25, 0.3) is 0 Å². The Balaban J connectivity index is 1.65. The van der Waals surface area contributed by atoms with E-state index in [9.17, 15) is 29.7 Å². The summed E-state index contributed by atoms with van der Waals surface area (Å²) < 4.78 is 0. The lowest BCUT2D eigenvalue weighted by Crippen LogP contribution is -2.21. The fraction of sp³-hybridized carbons (Fsp3) is 0.500. The van der Waals surface area contributed by atoms with Crippen molar-refractivity contribution in [2.24, 2.45) is 17.8 Å². The summed E-state index contributed by atoms with van der Waals surface area (Å²) in [7, 11) is 0. The van der Waals surface area contributed by atoms with Crippen LogP contribution >= 0.6 is 0 Å². The molecule has 12 nitrogen and oxygen atoms in total. The summed E-state index contributed by atoms with van der Waals surface area (Å²) in [6.07, 6.45) is 10.8. The maximum Gasteiger partial charge on any atom is 0.311 e. The molecule has 3 aromatic carbocycles. The molecule has 12 heteroatoms. The highest BCUT2D eigenvalue weighted by atomic mass is 16.4. The Hall–Kier alpha value is -5.52. The lowest BCUT2D eigenvalue weighted by atomic mass is 9.81. The Labute approximate surface area is 356 Å². The van der Waals surface area contributed by atoms with Crippen molar-refractivity contribution in [2.75, 3.05) is 16.0 Å². The van der Waals surface area contributed by atoms with Crippen molar-refractivity contribution in [1.82, 2.24) is 15.0 Å². The summed E-state index contributed by atoms with van der Waals surface area (Å²) in [6.45, 7) is 12.5. The van der Waals surface area contributed by atoms with Gasteiger partial charge in [0.1, 0.15) is 0 Å². The molecule has 6 unspecified atom stereocenters. The van der Waals surface area contributed by atoms with Gasteiger partial charge in [-0.2, -0.15) is 15.0 Å². The number of unbranched alkanes of at least 4 members (excludes halogenated alkanes) is 3. The number of hydrogen-bond donors (Lipinski definition) is 6. The molecule has 4 rings (SSSR count). The van der Waals surface area contributed by atoms with Gasteiger partial charge in [0.05, 0.1) is 17.8 Å². The fourth-order valence-electron chi connectivity index (χ4n) is 8.32. The number of hydrogen-bond acceptors (Lipinski definition) is 9. The summed E-state index contributed by atoms with van der Waals surface area (Å²) >= 11 is 0. The van der Waals surface area contributed by atoms with Crippen molar-refractivity contribution >= 4 is 52.8 Å². The minimum Gasteiger partial charge on any atom is -0.481 e. The van der Waals surface area contributed by atoms with Crippen LogP contribution in [0, 0.1) is 17.8 Å². The van der Waals surface area contributed by atoms with Crippen molar-refractivity contribution in [3.05, 3.63) is 89.5 Å². The number of anilines is 6. The molecule has 0 saturated carbocycles. The quantitative estimate of drug-likeness (QED) is 0.0335. The molecule has 60 heavy (non-hydrogen) atoms. The third-order valence-electron chi connectivity index (χ3n) is 11.8. The van der Waals surface area contributed by atoms with Gasteiger partial charge in [0, 0.05) is 17.1 Å². The summed E-state index contributed by atoms with van der Waals surface area (Å²) in [4.78, 5) is 51.3. The minimum absolute atomic E-state index is 0.0310. The Bertz CT molecular complexity index is 1700. The molecule has 0 aliphatic carbocycles. The zero-order valence-electron chi connectivity index (χ0n) is 36.3. The first-order valence-electron chi connectivity index (χ1n) is 22.0. The van der Waals surface area contributed by atoms with Gasteiger partial charge >= 0.3 is 17.9 Å². The predicted molar refractivity (Wildman–Crippen MR) is 240 cm³/mol. The lowest BCUT2D eigenvalue weighted by molar-refractivity contribution is -0.141. The van der Waals surface area contributed by atoms with E-state index < -0.39 is 35.7 Å². The molecule has 0 saturated heterocycles. The normalized spacial score (nSPS) is 14.3. The molecule has 6 N–H and O–H groups in total. The Morgan fingerprint density at radius 1 is 0.433 bits per heavy atom. The monoisotopic (exact) mass is 823 g/mol. The van der Waals surface area contributed by atoms with Crippen molar-refractivity contribution in [2.45, 2.75) is 136 Å². The van der Waals surface area contributed by atoms with Crippen LogP contribution in [0.15, 0.2) is 72.8 Å². The van der Waals surface area contributed by atoms with Crippen LogP contribution in [0.2, 0.25) is 0 Å². The maximum absolute atomic E-state index is 12.4. The van der Waals surface area contributed by atoms with E-state index in [1.54, 1.807) is 0 Å². The van der Waals surface area contributed by atoms with E-state index in [0.29, 0.717) is 17.1 Å². The number of rotatable bonds is 27. The van der Waals surface area contributed by atoms with Crippen LogP contribution in [0.25, 0.3) is 0 Å². The Morgan fingerprint density at radius 3 is 0.850 bits per heavy atom. The highest BCUT2D eigenvalue weighted by Crippen LogP contribution is 2.35. The number of aromatic nitrogens is 3. The number of aliphatic carboxylic acids is 3. The summed E-state index contributed by atoms with van der Waals surface area (Å²) in [6, 6.07) is 22.0. The number of carboxylic acids is 3. The molecule has 1 aromatic heterocycles. The van der Waals surface area contributed by atoms with E-state index in [-0.39, 0.29) is 35.6 Å². The van der Waals surface area contributed by atoms with Crippen molar-refractivity contribution in [3.8, 4) is 0 Å². The molecule has 0 aliphatic heterocycles. The fourth-order valence-corrected chi connectivity index (χ4v) is 8.32. The van der Waals surface area contributed by atoms with Crippen LogP contribution in [0.3, 0.4) is 0 Å². The van der Waals surface area contributed by atoms with Gasteiger partial charge in [-0.1, -0.05) is 136 Å². The van der Waals surface area contributed by atoms with E-state index in [1.165, 1.54) is 0 Å². The van der Waals surface area contributed by atoms with Gasteiger partial charge in [0.15, 0.2) is 0 Å². The summed E-state index contributed by atoms with van der Waals surface area (Å²) in [5, 5.41) is 40.3. The molecule has 0 aliphatic rings. The standard InChI is InChI=1S/C48H66N6O6/c1-7-13-16-31(10-4)40(43(55)56)34-19-25-37(26-20-34)49-46-52-47(50-38-27-21-35(22-28-38)41(44(57)58)32(11-5)17-14-8-2)54-48(53-46)51-39-29-23-36(24-30-39)42(45(59)60)33(12-6)18-15-9-3/h19-33,40-42H,7-18H2,1-6H3,(H,55,56)(H,57,58)(H,59,60)(H3,49,50,51,52,53,54). The van der Waals surface area contributed by atoms with Crippen LogP contribution in [0.1, 0.15) is 153 Å². The largest absolute Gasteiger partial charge is 0.481 e. The third kappa shape index (κ3) is 13.2. The SMILES string of the molecule is CCCCC(CC)C(C(=O)O)c1ccc(Nc2nc(Nc3ccc(C(C(=O)O)C(CC)CCCC)cc3)nc(Nc3ccc(C(C(=O)O)C(CC)CCCC)cc3)n2)cc1. The second-order valence-corrected chi connectivity index (χ2v) is 15.9. The molecule has 0 fully saturated rings. The first kappa shape index (κ1) is 47.2. The third-order valence-corrected chi connectivity index (χ3v) is 11.8. The molecule has 1 heterocycles. The highest BCUT2D eigenvalue weighted by molar-refractivity contribution is 5.78. The summed E-state index contributed by atoms with van der Waals surface area (Å²) in [5.74, 6) is -3.56. The van der Waals surface area contributed by atoms with Gasteiger partial charge in [-0.15, -0.1) is 0 Å². The van der Waals surface area contributed by atoms with E-state index in [2.05, 4.69) is 51.7 Å². The molecule has 6 atom stereocenters. The van der Waals surface area contributed by atoms with Crippen LogP contribution < -0.4 is 16.0 Å². The van der Waals surface area contributed by atoms with Gasteiger partial charge in [-0.05, 0) is 90.1 Å². The van der Waals surface area contributed by atoms with Crippen molar-refractivity contribution < 1.29 is 29.7 Å². The van der Waals surface area contributed by atoms with E-state index >= 15 is 0 Å². The molecule has 0 bridgehead atoms. The van der Waals surface area contributed by atoms with E-state index in [1.807, 2.05) is 93.6 Å².